The standard InChI is InChI=1S/C32H24F8O.C2H6/c1-17-2-4-18(5-3-17)24-12-13-25(30(37)29(24)36)19-6-8-21(9-7-19)32(39,40)41-22-10-11-23(26(33)16-22)20-14-27(34)31(38)28(35)15-20;1-2/h6-18H,2-5H2,1H3;1-2H3. The van der Waals surface area contributed by atoms with Crippen LogP contribution in [0.3, 0.4) is 0 Å². The summed E-state index contributed by atoms with van der Waals surface area (Å²) in [7, 11) is 0. The van der Waals surface area contributed by atoms with Crippen molar-refractivity contribution in [2.24, 2.45) is 5.92 Å². The molecule has 0 aliphatic heterocycles. The predicted octanol–water partition coefficient (Wildman–Crippen LogP) is 11.3. The van der Waals surface area contributed by atoms with Crippen LogP contribution in [0.15, 0.2) is 66.7 Å². The number of rotatable bonds is 6. The van der Waals surface area contributed by atoms with Crippen LogP contribution >= 0.6 is 0 Å². The fourth-order valence-electron chi connectivity index (χ4n) is 5.23. The summed E-state index contributed by atoms with van der Waals surface area (Å²) >= 11 is 0. The molecule has 0 amide bonds. The van der Waals surface area contributed by atoms with Gasteiger partial charge in [0.25, 0.3) is 0 Å². The van der Waals surface area contributed by atoms with Gasteiger partial charge >= 0.3 is 6.11 Å². The summed E-state index contributed by atoms with van der Waals surface area (Å²) in [6, 6.07) is 11.0. The molecule has 4 aromatic carbocycles. The molecular formula is C34H30F8O. The average Bonchev–Trinajstić information content (AvgIpc) is 2.98. The third-order valence-electron chi connectivity index (χ3n) is 7.58. The number of hydrogen-bond donors (Lipinski definition) is 0. The molecule has 0 spiro atoms. The van der Waals surface area contributed by atoms with Gasteiger partial charge in [-0.2, -0.15) is 8.78 Å². The van der Waals surface area contributed by atoms with E-state index >= 15 is 4.39 Å². The van der Waals surface area contributed by atoms with Crippen LogP contribution < -0.4 is 4.74 Å². The van der Waals surface area contributed by atoms with Gasteiger partial charge in [0.15, 0.2) is 29.1 Å². The molecule has 228 valence electrons. The zero-order valence-electron chi connectivity index (χ0n) is 23.8. The maximum absolute atomic E-state index is 15.0. The monoisotopic (exact) mass is 606 g/mol. The number of halogens is 8. The van der Waals surface area contributed by atoms with E-state index in [0.717, 1.165) is 49.9 Å². The van der Waals surface area contributed by atoms with Gasteiger partial charge in [-0.1, -0.05) is 57.9 Å². The Bertz CT molecular complexity index is 1550. The summed E-state index contributed by atoms with van der Waals surface area (Å²) in [5, 5.41) is 0. The van der Waals surface area contributed by atoms with Crippen LogP contribution in [0.4, 0.5) is 35.1 Å². The highest BCUT2D eigenvalue weighted by atomic mass is 19.3. The van der Waals surface area contributed by atoms with Gasteiger partial charge < -0.3 is 4.74 Å². The Hall–Kier alpha value is -3.88. The van der Waals surface area contributed by atoms with Crippen LogP contribution in [0.25, 0.3) is 22.3 Å². The largest absolute Gasteiger partial charge is 0.429 e. The zero-order valence-corrected chi connectivity index (χ0v) is 23.8. The van der Waals surface area contributed by atoms with Crippen LogP contribution in [0.2, 0.25) is 0 Å². The van der Waals surface area contributed by atoms with E-state index in [2.05, 4.69) is 11.7 Å². The van der Waals surface area contributed by atoms with Gasteiger partial charge in [-0.3, -0.25) is 0 Å². The third-order valence-corrected chi connectivity index (χ3v) is 7.58. The second kappa shape index (κ2) is 13.2. The number of ether oxygens (including phenoxy) is 1. The van der Waals surface area contributed by atoms with E-state index in [1.807, 2.05) is 13.8 Å². The van der Waals surface area contributed by atoms with E-state index in [0.29, 0.717) is 29.7 Å². The first-order chi connectivity index (χ1) is 20.4. The molecule has 1 fully saturated rings. The van der Waals surface area contributed by atoms with Crippen molar-refractivity contribution in [1.29, 1.82) is 0 Å². The number of benzene rings is 4. The Morgan fingerprint density at radius 1 is 0.605 bits per heavy atom. The lowest BCUT2D eigenvalue weighted by Crippen LogP contribution is -2.21. The van der Waals surface area contributed by atoms with Gasteiger partial charge in [-0.15, -0.1) is 0 Å². The second-order valence-electron chi connectivity index (χ2n) is 10.4. The molecule has 1 aliphatic carbocycles. The van der Waals surface area contributed by atoms with E-state index < -0.39 is 52.3 Å². The minimum Gasteiger partial charge on any atom is -0.429 e. The van der Waals surface area contributed by atoms with Gasteiger partial charge in [-0.05, 0) is 77.8 Å². The van der Waals surface area contributed by atoms with Crippen molar-refractivity contribution in [3.05, 3.63) is 113 Å². The summed E-state index contributed by atoms with van der Waals surface area (Å²) in [6.45, 7) is 6.13. The fraction of sp³-hybridized carbons (Fsp3) is 0.294. The lowest BCUT2D eigenvalue weighted by atomic mass is 9.79. The molecule has 43 heavy (non-hydrogen) atoms. The van der Waals surface area contributed by atoms with Gasteiger partial charge in [0.2, 0.25) is 0 Å². The van der Waals surface area contributed by atoms with E-state index in [1.54, 1.807) is 6.07 Å². The SMILES string of the molecule is CC.CC1CCC(c2ccc(-c3ccc(C(F)(F)Oc4ccc(-c5cc(F)c(F)c(F)c5)c(F)c4)cc3)c(F)c2F)CC1. The normalized spacial score (nSPS) is 16.8. The topological polar surface area (TPSA) is 9.23 Å². The molecule has 1 aliphatic rings. The minimum atomic E-state index is -3.95. The second-order valence-corrected chi connectivity index (χ2v) is 10.4. The van der Waals surface area contributed by atoms with Crippen LogP contribution in [-0.2, 0) is 6.11 Å². The summed E-state index contributed by atoms with van der Waals surface area (Å²) in [5.74, 6) is -8.02. The van der Waals surface area contributed by atoms with E-state index in [9.17, 15) is 30.7 Å². The minimum absolute atomic E-state index is 0.0649. The van der Waals surface area contributed by atoms with Gasteiger partial charge in [0.1, 0.15) is 11.6 Å². The Balaban J connectivity index is 0.00000207. The van der Waals surface area contributed by atoms with Crippen molar-refractivity contribution in [1.82, 2.24) is 0 Å². The van der Waals surface area contributed by atoms with E-state index in [4.69, 9.17) is 0 Å². The molecule has 0 heterocycles. The molecule has 9 heteroatoms. The molecular weight excluding hydrogens is 576 g/mol. The van der Waals surface area contributed by atoms with Gasteiger partial charge in [0.05, 0.1) is 5.56 Å². The smallest absolute Gasteiger partial charge is 0.426 e. The fourth-order valence-corrected chi connectivity index (χ4v) is 5.23. The average molecular weight is 607 g/mol. The first-order valence-electron chi connectivity index (χ1n) is 14.0. The van der Waals surface area contributed by atoms with Crippen molar-refractivity contribution in [3.63, 3.8) is 0 Å². The Morgan fingerprint density at radius 2 is 1.19 bits per heavy atom. The maximum Gasteiger partial charge on any atom is 0.426 e. The molecule has 1 saturated carbocycles. The van der Waals surface area contributed by atoms with E-state index in [-0.39, 0.29) is 28.2 Å². The van der Waals surface area contributed by atoms with Crippen molar-refractivity contribution < 1.29 is 39.9 Å². The lowest BCUT2D eigenvalue weighted by Gasteiger charge is -2.27. The molecule has 4 aromatic rings. The van der Waals surface area contributed by atoms with Crippen LogP contribution in [0, 0.1) is 40.8 Å². The summed E-state index contributed by atoms with van der Waals surface area (Å²) in [6.07, 6.45) is -0.522. The van der Waals surface area contributed by atoms with Crippen LogP contribution in [0.1, 0.15) is 63.5 Å². The van der Waals surface area contributed by atoms with Gasteiger partial charge in [0, 0.05) is 17.2 Å². The zero-order chi connectivity index (χ0) is 31.5. The highest BCUT2D eigenvalue weighted by Crippen LogP contribution is 2.40. The summed E-state index contributed by atoms with van der Waals surface area (Å²) in [5.41, 5.74) is -0.902. The van der Waals surface area contributed by atoms with Crippen molar-refractivity contribution in [2.75, 3.05) is 0 Å². The molecule has 0 unspecified atom stereocenters. The Labute approximate surface area is 245 Å². The third kappa shape index (κ3) is 6.86. The first kappa shape index (κ1) is 32.0. The first-order valence-corrected chi connectivity index (χ1v) is 14.0. The summed E-state index contributed by atoms with van der Waals surface area (Å²) in [4.78, 5) is 0. The van der Waals surface area contributed by atoms with Crippen molar-refractivity contribution in [3.8, 4) is 28.0 Å². The van der Waals surface area contributed by atoms with Crippen molar-refractivity contribution >= 4 is 0 Å². The van der Waals surface area contributed by atoms with Crippen molar-refractivity contribution in [2.45, 2.75) is 58.5 Å². The molecule has 0 saturated heterocycles. The van der Waals surface area contributed by atoms with Crippen LogP contribution in [-0.4, -0.2) is 0 Å². The Kier molecular flexibility index (Phi) is 9.82. The number of hydrogen-bond acceptors (Lipinski definition) is 1. The van der Waals surface area contributed by atoms with Gasteiger partial charge in [-0.25, -0.2) is 26.3 Å². The maximum atomic E-state index is 15.0. The van der Waals surface area contributed by atoms with Crippen LogP contribution in [0.5, 0.6) is 5.75 Å². The quantitative estimate of drug-likeness (QED) is 0.157. The molecule has 0 N–H and O–H groups in total. The molecule has 0 bridgehead atoms. The molecule has 5 rings (SSSR count). The predicted molar refractivity (Wildman–Crippen MR) is 150 cm³/mol. The highest BCUT2D eigenvalue weighted by molar-refractivity contribution is 5.66. The Morgan fingerprint density at radius 3 is 1.77 bits per heavy atom. The molecule has 0 radical (unpaired) electrons. The molecule has 0 aromatic heterocycles. The summed E-state index contributed by atoms with van der Waals surface area (Å²) < 4.78 is 119. The number of alkyl halides is 2. The molecule has 0 atom stereocenters. The molecule has 1 nitrogen and oxygen atoms in total. The highest BCUT2D eigenvalue weighted by Gasteiger charge is 2.35. The lowest BCUT2D eigenvalue weighted by molar-refractivity contribution is -0.185. The van der Waals surface area contributed by atoms with E-state index in [1.165, 1.54) is 18.2 Å².